The minimum Gasteiger partial charge on any atom is -0.467 e. The van der Waals surface area contributed by atoms with E-state index in [0.717, 1.165) is 12.5 Å². The Balaban J connectivity index is 2.26. The van der Waals surface area contributed by atoms with Crippen molar-refractivity contribution in [3.63, 3.8) is 0 Å². The van der Waals surface area contributed by atoms with Crippen molar-refractivity contribution >= 4 is 11.9 Å². The van der Waals surface area contributed by atoms with Gasteiger partial charge in [0, 0.05) is 0 Å². The summed E-state index contributed by atoms with van der Waals surface area (Å²) in [4.78, 5) is 23.0. The van der Waals surface area contributed by atoms with E-state index in [-0.39, 0.29) is 18.4 Å². The number of hydrogen-bond donors (Lipinski definition) is 2. The van der Waals surface area contributed by atoms with Crippen LogP contribution in [0.1, 0.15) is 26.7 Å². The summed E-state index contributed by atoms with van der Waals surface area (Å²) in [5.74, 6) is 0.212. The highest BCUT2D eigenvalue weighted by molar-refractivity contribution is 5.85. The van der Waals surface area contributed by atoms with Crippen LogP contribution in [-0.4, -0.2) is 38.1 Å². The molecule has 0 radical (unpaired) electrons. The van der Waals surface area contributed by atoms with E-state index < -0.39 is 12.0 Å². The predicted molar refractivity (Wildman–Crippen MR) is 64.4 cm³/mol. The van der Waals surface area contributed by atoms with Crippen LogP contribution in [-0.2, 0) is 14.3 Å². The summed E-state index contributed by atoms with van der Waals surface area (Å²) in [6.45, 7) is 4.90. The second-order valence-electron chi connectivity index (χ2n) is 4.89. The van der Waals surface area contributed by atoms with Crippen LogP contribution in [0.2, 0.25) is 0 Å². The molecule has 0 aromatic rings. The second-order valence-corrected chi connectivity index (χ2v) is 4.89. The molecule has 98 valence electrons. The van der Waals surface area contributed by atoms with Gasteiger partial charge in [0.15, 0.2) is 0 Å². The van der Waals surface area contributed by atoms with Gasteiger partial charge >= 0.3 is 5.97 Å². The van der Waals surface area contributed by atoms with Crippen molar-refractivity contribution in [2.24, 2.45) is 11.8 Å². The molecule has 0 saturated heterocycles. The van der Waals surface area contributed by atoms with Gasteiger partial charge in [0.05, 0.1) is 13.7 Å². The molecule has 2 N–H and O–H groups in total. The molecule has 1 amide bonds. The first-order valence-electron chi connectivity index (χ1n) is 6.12. The Morgan fingerprint density at radius 2 is 2.00 bits per heavy atom. The summed E-state index contributed by atoms with van der Waals surface area (Å²) < 4.78 is 4.65. The molecule has 0 bridgehead atoms. The maximum absolute atomic E-state index is 11.6. The first kappa shape index (κ1) is 14.0. The van der Waals surface area contributed by atoms with Crippen LogP contribution in [0.25, 0.3) is 0 Å². The van der Waals surface area contributed by atoms with Gasteiger partial charge in [-0.15, -0.1) is 0 Å². The molecule has 1 atom stereocenters. The van der Waals surface area contributed by atoms with Gasteiger partial charge in [-0.1, -0.05) is 13.8 Å². The molecule has 1 aliphatic carbocycles. The van der Waals surface area contributed by atoms with Crippen LogP contribution in [0.15, 0.2) is 0 Å². The summed E-state index contributed by atoms with van der Waals surface area (Å²) in [7, 11) is 1.33. The number of nitrogens with one attached hydrogen (secondary N) is 2. The molecule has 1 aliphatic rings. The summed E-state index contributed by atoms with van der Waals surface area (Å²) in [6, 6.07) is -0.560. The number of esters is 1. The quantitative estimate of drug-likeness (QED) is 0.630. The number of carbonyl (C=O) groups is 2. The Morgan fingerprint density at radius 3 is 2.47 bits per heavy atom. The van der Waals surface area contributed by atoms with Crippen molar-refractivity contribution in [1.29, 1.82) is 0 Å². The van der Waals surface area contributed by atoms with Gasteiger partial charge < -0.3 is 15.4 Å². The minimum atomic E-state index is -0.560. The number of rotatable bonds is 7. The molecule has 1 saturated carbocycles. The molecule has 0 heterocycles. The lowest BCUT2D eigenvalue weighted by molar-refractivity contribution is -0.146. The van der Waals surface area contributed by atoms with Gasteiger partial charge in [0.25, 0.3) is 0 Å². The third kappa shape index (κ3) is 5.17. The van der Waals surface area contributed by atoms with Gasteiger partial charge in [0.2, 0.25) is 5.91 Å². The lowest BCUT2D eigenvalue weighted by atomic mass is 10.0. The zero-order valence-electron chi connectivity index (χ0n) is 10.8. The zero-order chi connectivity index (χ0) is 12.8. The Labute approximate surface area is 102 Å². The van der Waals surface area contributed by atoms with E-state index in [9.17, 15) is 9.59 Å². The average molecular weight is 242 g/mol. The number of hydrogen-bond acceptors (Lipinski definition) is 4. The zero-order valence-corrected chi connectivity index (χ0v) is 10.8. The highest BCUT2D eigenvalue weighted by Gasteiger charge is 2.25. The van der Waals surface area contributed by atoms with E-state index >= 15 is 0 Å². The first-order chi connectivity index (χ1) is 8.04. The fourth-order valence-electron chi connectivity index (χ4n) is 1.56. The van der Waals surface area contributed by atoms with Crippen molar-refractivity contribution in [3.05, 3.63) is 0 Å². The fraction of sp³-hybridized carbons (Fsp3) is 0.833. The van der Waals surface area contributed by atoms with Gasteiger partial charge in [-0.2, -0.15) is 0 Å². The molecule has 0 aliphatic heterocycles. The number of amides is 1. The molecular formula is C12H22N2O3. The summed E-state index contributed by atoms with van der Waals surface area (Å²) >= 11 is 0. The maximum atomic E-state index is 11.6. The van der Waals surface area contributed by atoms with Gasteiger partial charge in [-0.25, -0.2) is 4.79 Å². The largest absolute Gasteiger partial charge is 0.467 e. The predicted octanol–water partition coefficient (Wildman–Crippen LogP) is 0.300. The molecule has 5 nitrogen and oxygen atoms in total. The average Bonchev–Trinajstić information content (AvgIpc) is 3.08. The van der Waals surface area contributed by atoms with E-state index in [0.29, 0.717) is 0 Å². The first-order valence-corrected chi connectivity index (χ1v) is 6.12. The molecule has 1 unspecified atom stereocenters. The minimum absolute atomic E-state index is 0.0230. The Bertz CT molecular complexity index is 275. The van der Waals surface area contributed by atoms with Gasteiger partial charge in [0.1, 0.15) is 6.04 Å². The van der Waals surface area contributed by atoms with Crippen molar-refractivity contribution in [2.75, 3.05) is 20.2 Å². The Morgan fingerprint density at radius 1 is 1.35 bits per heavy atom. The number of ether oxygens (including phenoxy) is 1. The van der Waals surface area contributed by atoms with Crippen LogP contribution in [0.4, 0.5) is 0 Å². The normalized spacial score (nSPS) is 16.7. The standard InChI is InChI=1S/C12H22N2O3/c1-8(2)11(12(16)17-3)14-10(15)7-13-6-9-4-5-9/h8-9,11,13H,4-7H2,1-3H3,(H,14,15). The Hall–Kier alpha value is -1.10. The third-order valence-corrected chi connectivity index (χ3v) is 2.85. The molecule has 5 heteroatoms. The van der Waals surface area contributed by atoms with Crippen molar-refractivity contribution in [2.45, 2.75) is 32.7 Å². The van der Waals surface area contributed by atoms with Crippen LogP contribution in [0.3, 0.4) is 0 Å². The number of carbonyl (C=O) groups excluding carboxylic acids is 2. The van der Waals surface area contributed by atoms with E-state index in [1.54, 1.807) is 0 Å². The highest BCUT2D eigenvalue weighted by atomic mass is 16.5. The summed E-state index contributed by atoms with van der Waals surface area (Å²) in [6.07, 6.45) is 2.51. The van der Waals surface area contributed by atoms with Gasteiger partial charge in [-0.05, 0) is 31.2 Å². The summed E-state index contributed by atoms with van der Waals surface area (Å²) in [5, 5.41) is 5.77. The van der Waals surface area contributed by atoms with Crippen LogP contribution < -0.4 is 10.6 Å². The summed E-state index contributed by atoms with van der Waals surface area (Å²) in [5.41, 5.74) is 0. The molecule has 1 rings (SSSR count). The van der Waals surface area contributed by atoms with Crippen LogP contribution in [0.5, 0.6) is 0 Å². The van der Waals surface area contributed by atoms with Crippen LogP contribution in [0, 0.1) is 11.8 Å². The lowest BCUT2D eigenvalue weighted by Gasteiger charge is -2.19. The smallest absolute Gasteiger partial charge is 0.328 e. The molecule has 0 spiro atoms. The molecule has 17 heavy (non-hydrogen) atoms. The van der Waals surface area contributed by atoms with Gasteiger partial charge in [-0.3, -0.25) is 4.79 Å². The topological polar surface area (TPSA) is 67.4 Å². The molecule has 0 aromatic heterocycles. The third-order valence-electron chi connectivity index (χ3n) is 2.85. The highest BCUT2D eigenvalue weighted by Crippen LogP contribution is 2.27. The number of methoxy groups -OCH3 is 1. The van der Waals surface area contributed by atoms with E-state index in [4.69, 9.17) is 0 Å². The Kier molecular flexibility index (Phi) is 5.41. The molecule has 1 fully saturated rings. The second kappa shape index (κ2) is 6.59. The SMILES string of the molecule is COC(=O)C(NC(=O)CNCC1CC1)C(C)C. The lowest BCUT2D eigenvalue weighted by Crippen LogP contribution is -2.48. The van der Waals surface area contributed by atoms with Crippen molar-refractivity contribution in [1.82, 2.24) is 10.6 Å². The maximum Gasteiger partial charge on any atom is 0.328 e. The molecule has 0 aromatic carbocycles. The van der Waals surface area contributed by atoms with E-state index in [1.807, 2.05) is 13.8 Å². The molecular weight excluding hydrogens is 220 g/mol. The fourth-order valence-corrected chi connectivity index (χ4v) is 1.56. The van der Waals surface area contributed by atoms with E-state index in [2.05, 4.69) is 15.4 Å². The van der Waals surface area contributed by atoms with E-state index in [1.165, 1.54) is 20.0 Å². The van der Waals surface area contributed by atoms with Crippen molar-refractivity contribution < 1.29 is 14.3 Å². The van der Waals surface area contributed by atoms with Crippen molar-refractivity contribution in [3.8, 4) is 0 Å². The van der Waals surface area contributed by atoms with Crippen LogP contribution >= 0.6 is 0 Å². The monoisotopic (exact) mass is 242 g/mol.